The van der Waals surface area contributed by atoms with Gasteiger partial charge in [-0.05, 0) is 37.3 Å². The van der Waals surface area contributed by atoms with Crippen molar-refractivity contribution in [1.29, 1.82) is 0 Å². The minimum absolute atomic E-state index is 0.109. The summed E-state index contributed by atoms with van der Waals surface area (Å²) >= 11 is 0. The van der Waals surface area contributed by atoms with E-state index < -0.39 is 0 Å². The van der Waals surface area contributed by atoms with E-state index in [-0.39, 0.29) is 5.82 Å². The summed E-state index contributed by atoms with van der Waals surface area (Å²) in [6, 6.07) is 5.38. The number of anilines is 1. The summed E-state index contributed by atoms with van der Waals surface area (Å²) in [5, 5.41) is 3.31. The molecule has 21 heavy (non-hydrogen) atoms. The molecule has 1 aromatic rings. The maximum Gasteiger partial charge on any atom is 0.146 e. The zero-order valence-electron chi connectivity index (χ0n) is 13.2. The standard InChI is InChI=1S/C17H27FN2O/c1-3-20(13-14-6-4-7-14)17-15(8-5-9-16(17)18)12-19-10-11-21-2/h5,8-9,14,19H,3-4,6-7,10-13H2,1-2H3. The highest BCUT2D eigenvalue weighted by atomic mass is 19.1. The van der Waals surface area contributed by atoms with Gasteiger partial charge in [0.25, 0.3) is 0 Å². The van der Waals surface area contributed by atoms with E-state index in [0.29, 0.717) is 13.2 Å². The summed E-state index contributed by atoms with van der Waals surface area (Å²) in [5.41, 5.74) is 1.81. The number of hydrogen-bond acceptors (Lipinski definition) is 3. The molecule has 0 spiro atoms. The van der Waals surface area contributed by atoms with Gasteiger partial charge in [-0.25, -0.2) is 4.39 Å². The van der Waals surface area contributed by atoms with Crippen LogP contribution in [0.4, 0.5) is 10.1 Å². The molecule has 0 saturated heterocycles. The van der Waals surface area contributed by atoms with E-state index in [2.05, 4.69) is 17.1 Å². The second kappa shape index (κ2) is 8.35. The summed E-state index contributed by atoms with van der Waals surface area (Å²) < 4.78 is 19.4. The molecule has 0 aliphatic heterocycles. The van der Waals surface area contributed by atoms with Crippen LogP contribution in [0.3, 0.4) is 0 Å². The molecule has 118 valence electrons. The summed E-state index contributed by atoms with van der Waals surface area (Å²) in [5.74, 6) is 0.626. The predicted molar refractivity (Wildman–Crippen MR) is 85.2 cm³/mol. The maximum absolute atomic E-state index is 14.3. The van der Waals surface area contributed by atoms with Crippen LogP contribution in [0.15, 0.2) is 18.2 Å². The number of benzene rings is 1. The summed E-state index contributed by atoms with van der Waals surface area (Å²) in [4.78, 5) is 2.20. The number of hydrogen-bond donors (Lipinski definition) is 1. The Morgan fingerprint density at radius 1 is 1.38 bits per heavy atom. The van der Waals surface area contributed by atoms with Crippen LogP contribution in [0, 0.1) is 11.7 Å². The molecule has 3 nitrogen and oxygen atoms in total. The highest BCUT2D eigenvalue weighted by molar-refractivity contribution is 5.55. The Balaban J connectivity index is 2.06. The lowest BCUT2D eigenvalue weighted by Gasteiger charge is -2.34. The molecule has 1 aliphatic rings. The topological polar surface area (TPSA) is 24.5 Å². The third-order valence-corrected chi connectivity index (χ3v) is 4.27. The van der Waals surface area contributed by atoms with Crippen LogP contribution in [-0.2, 0) is 11.3 Å². The van der Waals surface area contributed by atoms with Gasteiger partial charge in [-0.2, -0.15) is 0 Å². The number of ether oxygens (including phenoxy) is 1. The fourth-order valence-electron chi connectivity index (χ4n) is 2.82. The summed E-state index contributed by atoms with van der Waals surface area (Å²) in [6.07, 6.45) is 3.89. The molecule has 0 unspecified atom stereocenters. The first kappa shape index (κ1) is 16.2. The molecule has 1 N–H and O–H groups in total. The van der Waals surface area contributed by atoms with Gasteiger partial charge in [0.05, 0.1) is 12.3 Å². The zero-order chi connectivity index (χ0) is 15.1. The van der Waals surface area contributed by atoms with Crippen molar-refractivity contribution >= 4 is 5.69 Å². The Hall–Kier alpha value is -1.13. The first-order valence-corrected chi connectivity index (χ1v) is 7.98. The highest BCUT2D eigenvalue weighted by Crippen LogP contribution is 2.31. The molecular formula is C17H27FN2O. The van der Waals surface area contributed by atoms with Crippen molar-refractivity contribution in [2.24, 2.45) is 5.92 Å². The third-order valence-electron chi connectivity index (χ3n) is 4.27. The fourth-order valence-corrected chi connectivity index (χ4v) is 2.82. The van der Waals surface area contributed by atoms with E-state index in [4.69, 9.17) is 4.74 Å². The lowest BCUT2D eigenvalue weighted by Crippen LogP contribution is -2.34. The van der Waals surface area contributed by atoms with Gasteiger partial charge in [0.15, 0.2) is 0 Å². The Bertz CT molecular complexity index is 435. The second-order valence-electron chi connectivity index (χ2n) is 5.75. The number of nitrogens with one attached hydrogen (secondary N) is 1. The molecule has 2 rings (SSSR count). The lowest BCUT2D eigenvalue weighted by atomic mass is 9.85. The van der Waals surface area contributed by atoms with E-state index in [0.717, 1.165) is 36.8 Å². The van der Waals surface area contributed by atoms with Crippen LogP contribution < -0.4 is 10.2 Å². The number of methoxy groups -OCH3 is 1. The Morgan fingerprint density at radius 3 is 2.81 bits per heavy atom. The van der Waals surface area contributed by atoms with Crippen LogP contribution in [0.1, 0.15) is 31.7 Å². The number of rotatable bonds is 9. The van der Waals surface area contributed by atoms with Gasteiger partial charge in [0, 0.05) is 33.3 Å². The SMILES string of the molecule is CCN(CC1CCC1)c1c(F)cccc1CNCCOC. The van der Waals surface area contributed by atoms with Gasteiger partial charge in [0.1, 0.15) is 5.82 Å². The van der Waals surface area contributed by atoms with E-state index in [1.165, 1.54) is 19.3 Å². The van der Waals surface area contributed by atoms with Crippen LogP contribution in [0.5, 0.6) is 0 Å². The van der Waals surface area contributed by atoms with Crippen molar-refractivity contribution in [1.82, 2.24) is 5.32 Å². The molecular weight excluding hydrogens is 267 g/mol. The molecule has 1 aromatic carbocycles. The van der Waals surface area contributed by atoms with E-state index in [1.807, 2.05) is 6.07 Å². The first-order chi connectivity index (χ1) is 10.3. The average Bonchev–Trinajstić information content (AvgIpc) is 2.44. The summed E-state index contributed by atoms with van der Waals surface area (Å²) in [6.45, 7) is 6.06. The van der Waals surface area contributed by atoms with Crippen LogP contribution in [-0.4, -0.2) is 33.4 Å². The molecule has 1 fully saturated rings. The van der Waals surface area contributed by atoms with Crippen LogP contribution in [0.25, 0.3) is 0 Å². The number of nitrogens with zero attached hydrogens (tertiary/aromatic N) is 1. The van der Waals surface area contributed by atoms with Crippen molar-refractivity contribution in [3.05, 3.63) is 29.6 Å². The molecule has 0 bridgehead atoms. The zero-order valence-corrected chi connectivity index (χ0v) is 13.2. The molecule has 0 atom stereocenters. The fraction of sp³-hybridized carbons (Fsp3) is 0.647. The van der Waals surface area contributed by atoms with Gasteiger partial charge >= 0.3 is 0 Å². The van der Waals surface area contributed by atoms with Gasteiger partial charge in [-0.15, -0.1) is 0 Å². The van der Waals surface area contributed by atoms with Crippen molar-refractivity contribution in [3.8, 4) is 0 Å². The molecule has 0 radical (unpaired) electrons. The van der Waals surface area contributed by atoms with E-state index in [9.17, 15) is 4.39 Å². The van der Waals surface area contributed by atoms with Crippen molar-refractivity contribution in [3.63, 3.8) is 0 Å². The largest absolute Gasteiger partial charge is 0.383 e. The normalized spacial score (nSPS) is 15.0. The number of halogens is 1. The van der Waals surface area contributed by atoms with E-state index in [1.54, 1.807) is 19.2 Å². The van der Waals surface area contributed by atoms with Gasteiger partial charge in [-0.1, -0.05) is 18.6 Å². The first-order valence-electron chi connectivity index (χ1n) is 7.98. The van der Waals surface area contributed by atoms with Crippen LogP contribution >= 0.6 is 0 Å². The van der Waals surface area contributed by atoms with Crippen molar-refractivity contribution in [2.45, 2.75) is 32.7 Å². The molecule has 4 heteroatoms. The maximum atomic E-state index is 14.3. The van der Waals surface area contributed by atoms with E-state index >= 15 is 0 Å². The second-order valence-corrected chi connectivity index (χ2v) is 5.75. The predicted octanol–water partition coefficient (Wildman–Crippen LogP) is 3.19. The Labute approximate surface area is 127 Å². The van der Waals surface area contributed by atoms with Gasteiger partial charge in [0.2, 0.25) is 0 Å². The molecule has 0 amide bonds. The quantitative estimate of drug-likeness (QED) is 0.708. The highest BCUT2D eigenvalue weighted by Gasteiger charge is 2.23. The lowest BCUT2D eigenvalue weighted by molar-refractivity contribution is 0.199. The minimum Gasteiger partial charge on any atom is -0.383 e. The van der Waals surface area contributed by atoms with Crippen molar-refractivity contribution < 1.29 is 9.13 Å². The Kier molecular flexibility index (Phi) is 6.46. The van der Waals surface area contributed by atoms with Crippen LogP contribution in [0.2, 0.25) is 0 Å². The molecule has 0 aromatic heterocycles. The third kappa shape index (κ3) is 4.42. The smallest absolute Gasteiger partial charge is 0.146 e. The monoisotopic (exact) mass is 294 g/mol. The van der Waals surface area contributed by atoms with Crippen molar-refractivity contribution in [2.75, 3.05) is 38.3 Å². The average molecular weight is 294 g/mol. The van der Waals surface area contributed by atoms with Gasteiger partial charge < -0.3 is 15.0 Å². The number of para-hydroxylation sites is 1. The molecule has 1 saturated carbocycles. The summed E-state index contributed by atoms with van der Waals surface area (Å²) in [7, 11) is 1.69. The molecule has 0 heterocycles. The minimum atomic E-state index is -0.109. The molecule has 1 aliphatic carbocycles. The van der Waals surface area contributed by atoms with Gasteiger partial charge in [-0.3, -0.25) is 0 Å². The Morgan fingerprint density at radius 2 is 2.19 bits per heavy atom.